The van der Waals surface area contributed by atoms with Gasteiger partial charge in [-0.25, -0.2) is 4.79 Å². The Balaban J connectivity index is 5.53. The molecule has 1 unspecified atom stereocenters. The van der Waals surface area contributed by atoms with Gasteiger partial charge in [0.25, 0.3) is 0 Å². The Kier molecular flexibility index (Phi) is 11.6. The maximum atomic E-state index is 12.9. The van der Waals surface area contributed by atoms with Gasteiger partial charge in [0, 0.05) is 0 Å². The summed E-state index contributed by atoms with van der Waals surface area (Å²) in [7, 11) is -3.54. The monoisotopic (exact) mass is 381 g/mol. The SMILES string of the molecule is CCOC(=O)C(C=C(CCF)CP(=O)(OC(C)C)OC(C)C)NC=O. The van der Waals surface area contributed by atoms with Crippen LogP contribution >= 0.6 is 7.60 Å². The molecular formula is C16H29FNO6P. The van der Waals surface area contributed by atoms with Crippen LogP contribution in [0, 0.1) is 0 Å². The number of nitrogens with one attached hydrogen (secondary N) is 1. The lowest BCUT2D eigenvalue weighted by Crippen LogP contribution is -2.36. The van der Waals surface area contributed by atoms with Gasteiger partial charge in [0.2, 0.25) is 6.41 Å². The van der Waals surface area contributed by atoms with Crippen molar-refractivity contribution in [3.63, 3.8) is 0 Å². The molecule has 25 heavy (non-hydrogen) atoms. The van der Waals surface area contributed by atoms with E-state index in [2.05, 4.69) is 5.32 Å². The molecule has 0 rings (SSSR count). The molecule has 0 aromatic rings. The molecule has 0 saturated carbocycles. The van der Waals surface area contributed by atoms with Crippen molar-refractivity contribution in [1.82, 2.24) is 5.32 Å². The van der Waals surface area contributed by atoms with Crippen molar-refractivity contribution in [2.75, 3.05) is 19.4 Å². The van der Waals surface area contributed by atoms with Gasteiger partial charge in [-0.05, 0) is 41.0 Å². The van der Waals surface area contributed by atoms with Gasteiger partial charge < -0.3 is 19.1 Å². The molecule has 0 aromatic heterocycles. The quantitative estimate of drug-likeness (QED) is 0.228. The molecule has 0 saturated heterocycles. The van der Waals surface area contributed by atoms with Crippen LogP contribution in [-0.4, -0.2) is 50.1 Å². The summed E-state index contributed by atoms with van der Waals surface area (Å²) in [5.74, 6) is -0.685. The van der Waals surface area contributed by atoms with Crippen LogP contribution in [0.3, 0.4) is 0 Å². The van der Waals surface area contributed by atoms with Crippen molar-refractivity contribution in [1.29, 1.82) is 0 Å². The second-order valence-electron chi connectivity index (χ2n) is 5.86. The first kappa shape index (κ1) is 23.8. The lowest BCUT2D eigenvalue weighted by molar-refractivity contribution is -0.145. The summed E-state index contributed by atoms with van der Waals surface area (Å²) in [6, 6.07) is -1.09. The van der Waals surface area contributed by atoms with E-state index in [1.807, 2.05) is 0 Å². The molecule has 0 radical (unpaired) electrons. The number of alkyl halides is 1. The van der Waals surface area contributed by atoms with Gasteiger partial charge in [0.15, 0.2) is 0 Å². The van der Waals surface area contributed by atoms with E-state index in [1.165, 1.54) is 6.08 Å². The highest BCUT2D eigenvalue weighted by atomic mass is 31.2. The molecule has 0 spiro atoms. The summed E-state index contributed by atoms with van der Waals surface area (Å²) in [6.45, 7) is 7.89. The first-order valence-corrected chi connectivity index (χ1v) is 9.97. The fraction of sp³-hybridized carbons (Fsp3) is 0.750. The summed E-state index contributed by atoms with van der Waals surface area (Å²) in [5, 5.41) is 2.30. The van der Waals surface area contributed by atoms with Gasteiger partial charge >= 0.3 is 13.6 Å². The van der Waals surface area contributed by atoms with Crippen molar-refractivity contribution in [3.05, 3.63) is 11.6 Å². The number of hydrogen-bond acceptors (Lipinski definition) is 6. The standard InChI is InChI=1S/C16H29FNO6P/c1-6-22-16(20)15(18-11-19)9-14(7-8-17)10-25(21,23-12(2)3)24-13(4)5/h9,11-13,15H,6-8,10H2,1-5H3,(H,18,19). The van der Waals surface area contributed by atoms with Crippen LogP contribution < -0.4 is 5.32 Å². The van der Waals surface area contributed by atoms with E-state index < -0.39 is 26.3 Å². The van der Waals surface area contributed by atoms with E-state index in [1.54, 1.807) is 34.6 Å². The second kappa shape index (κ2) is 12.2. The molecule has 7 nitrogen and oxygen atoms in total. The third kappa shape index (κ3) is 10.4. The van der Waals surface area contributed by atoms with E-state index >= 15 is 0 Å². The van der Waals surface area contributed by atoms with Crippen LogP contribution in [0.4, 0.5) is 4.39 Å². The van der Waals surface area contributed by atoms with E-state index in [-0.39, 0.29) is 31.4 Å². The molecule has 1 N–H and O–H groups in total. The number of halogens is 1. The van der Waals surface area contributed by atoms with Crippen LogP contribution in [0.5, 0.6) is 0 Å². The topological polar surface area (TPSA) is 90.9 Å². The van der Waals surface area contributed by atoms with Crippen LogP contribution in [0.2, 0.25) is 0 Å². The lowest BCUT2D eigenvalue weighted by Gasteiger charge is -2.24. The van der Waals surface area contributed by atoms with Crippen molar-refractivity contribution < 1.29 is 32.3 Å². The largest absolute Gasteiger partial charge is 0.464 e. The van der Waals surface area contributed by atoms with Crippen LogP contribution in [0.15, 0.2) is 11.6 Å². The summed E-state index contributed by atoms with van der Waals surface area (Å²) < 4.78 is 41.6. The predicted octanol–water partition coefficient (Wildman–Crippen LogP) is 2.99. The van der Waals surface area contributed by atoms with Gasteiger partial charge in [0.1, 0.15) is 6.04 Å². The van der Waals surface area contributed by atoms with Crippen molar-refractivity contribution >= 4 is 20.0 Å². The van der Waals surface area contributed by atoms with Gasteiger partial charge in [-0.3, -0.25) is 13.8 Å². The molecule has 0 aliphatic heterocycles. The number of amides is 1. The second-order valence-corrected chi connectivity index (χ2v) is 7.82. The normalized spacial score (nSPS) is 13.8. The Labute approximate surface area is 148 Å². The first-order valence-electron chi connectivity index (χ1n) is 8.25. The Hall–Kier alpha value is -1.24. The Morgan fingerprint density at radius 3 is 2.16 bits per heavy atom. The Morgan fingerprint density at radius 1 is 1.20 bits per heavy atom. The van der Waals surface area contributed by atoms with E-state index in [0.717, 1.165) is 0 Å². The fourth-order valence-electron chi connectivity index (χ4n) is 2.05. The molecule has 1 atom stereocenters. The van der Waals surface area contributed by atoms with Crippen molar-refractivity contribution in [3.8, 4) is 0 Å². The average molecular weight is 381 g/mol. The maximum Gasteiger partial charge on any atom is 0.335 e. The molecule has 0 aliphatic rings. The van der Waals surface area contributed by atoms with E-state index in [0.29, 0.717) is 12.0 Å². The predicted molar refractivity (Wildman–Crippen MR) is 93.2 cm³/mol. The maximum absolute atomic E-state index is 12.9. The number of ether oxygens (including phenoxy) is 1. The molecule has 1 amide bonds. The first-order chi connectivity index (χ1) is 11.7. The summed E-state index contributed by atoms with van der Waals surface area (Å²) in [6.07, 6.45) is 0.731. The number of rotatable bonds is 13. The smallest absolute Gasteiger partial charge is 0.335 e. The Bertz CT molecular complexity index is 481. The van der Waals surface area contributed by atoms with Crippen LogP contribution in [-0.2, 0) is 27.9 Å². The lowest BCUT2D eigenvalue weighted by atomic mass is 10.1. The molecular weight excluding hydrogens is 352 g/mol. The third-order valence-corrected chi connectivity index (χ3v) is 5.02. The molecule has 0 aromatic carbocycles. The summed E-state index contributed by atoms with van der Waals surface area (Å²) in [4.78, 5) is 22.6. The fourth-order valence-corrected chi connectivity index (χ4v) is 4.30. The number of hydrogen-bond donors (Lipinski definition) is 1. The number of carbonyl (C=O) groups is 2. The van der Waals surface area contributed by atoms with Gasteiger partial charge in [-0.15, -0.1) is 0 Å². The zero-order valence-electron chi connectivity index (χ0n) is 15.5. The molecule has 9 heteroatoms. The zero-order valence-corrected chi connectivity index (χ0v) is 16.4. The molecule has 0 fully saturated rings. The van der Waals surface area contributed by atoms with Gasteiger partial charge in [-0.1, -0.05) is 11.6 Å². The summed E-state index contributed by atoms with van der Waals surface area (Å²) in [5.41, 5.74) is 0.347. The molecule has 0 bridgehead atoms. The van der Waals surface area contributed by atoms with E-state index in [9.17, 15) is 18.5 Å². The Morgan fingerprint density at radius 2 is 1.76 bits per heavy atom. The third-order valence-electron chi connectivity index (χ3n) is 2.75. The zero-order chi connectivity index (χ0) is 19.5. The van der Waals surface area contributed by atoms with Crippen molar-refractivity contribution in [2.45, 2.75) is 59.3 Å². The summed E-state index contributed by atoms with van der Waals surface area (Å²) >= 11 is 0. The van der Waals surface area contributed by atoms with Crippen LogP contribution in [0.25, 0.3) is 0 Å². The minimum atomic E-state index is -3.54. The number of carbonyl (C=O) groups excluding carboxylic acids is 2. The molecule has 0 heterocycles. The number of allylic oxidation sites excluding steroid dienone is 1. The van der Waals surface area contributed by atoms with Crippen molar-refractivity contribution in [2.24, 2.45) is 0 Å². The van der Waals surface area contributed by atoms with Crippen LogP contribution in [0.1, 0.15) is 41.0 Å². The highest BCUT2D eigenvalue weighted by Gasteiger charge is 2.30. The minimum absolute atomic E-state index is 0.0661. The highest BCUT2D eigenvalue weighted by Crippen LogP contribution is 2.52. The average Bonchev–Trinajstić information content (AvgIpc) is 2.44. The highest BCUT2D eigenvalue weighted by molar-refractivity contribution is 7.54. The van der Waals surface area contributed by atoms with Gasteiger partial charge in [-0.2, -0.15) is 0 Å². The van der Waals surface area contributed by atoms with E-state index in [4.69, 9.17) is 13.8 Å². The number of esters is 1. The molecule has 0 aliphatic carbocycles. The van der Waals surface area contributed by atoms with Gasteiger partial charge in [0.05, 0.1) is 31.7 Å². The minimum Gasteiger partial charge on any atom is -0.464 e. The molecule has 146 valence electrons.